The van der Waals surface area contributed by atoms with Crippen LogP contribution in [-0.2, 0) is 13.1 Å². The molecule has 2 amide bonds. The Morgan fingerprint density at radius 2 is 2.10 bits per heavy atom. The molecule has 1 saturated carbocycles. The maximum Gasteiger partial charge on any atom is 0.318 e. The van der Waals surface area contributed by atoms with Gasteiger partial charge >= 0.3 is 6.03 Å². The van der Waals surface area contributed by atoms with Gasteiger partial charge in [-0.3, -0.25) is 4.98 Å². The average Bonchev–Trinajstić information content (AvgIpc) is 3.56. The number of ether oxygens (including phenoxy) is 1. The number of carbonyl (C=O) groups is 1. The maximum atomic E-state index is 13.3. The van der Waals surface area contributed by atoms with Crippen molar-refractivity contribution in [3.63, 3.8) is 0 Å². The summed E-state index contributed by atoms with van der Waals surface area (Å²) in [5.41, 5.74) is 1.88. The fraction of sp³-hybridized carbons (Fsp3) is 0.500. The summed E-state index contributed by atoms with van der Waals surface area (Å²) >= 11 is 0. The van der Waals surface area contributed by atoms with Gasteiger partial charge in [-0.25, -0.2) is 9.18 Å². The van der Waals surface area contributed by atoms with Crippen LogP contribution in [0.2, 0.25) is 0 Å². The molecule has 1 spiro atoms. The van der Waals surface area contributed by atoms with Gasteiger partial charge in [-0.2, -0.15) is 0 Å². The monoisotopic (exact) mass is 426 g/mol. The van der Waals surface area contributed by atoms with E-state index >= 15 is 0 Å². The summed E-state index contributed by atoms with van der Waals surface area (Å²) in [5, 5.41) is 6.55. The molecule has 1 saturated heterocycles. The van der Waals surface area contributed by atoms with Crippen molar-refractivity contribution in [2.45, 2.75) is 51.7 Å². The van der Waals surface area contributed by atoms with Gasteiger partial charge in [-0.05, 0) is 62.1 Å². The molecular formula is C24H31FN4O2. The van der Waals surface area contributed by atoms with E-state index in [1.54, 1.807) is 6.07 Å². The largest absolute Gasteiger partial charge is 0.494 e. The molecule has 1 aliphatic heterocycles. The molecule has 2 fully saturated rings. The van der Waals surface area contributed by atoms with Crippen LogP contribution in [0.3, 0.4) is 0 Å². The first kappa shape index (κ1) is 21.6. The predicted octanol–water partition coefficient (Wildman–Crippen LogP) is 3.86. The van der Waals surface area contributed by atoms with Gasteiger partial charge in [-0.15, -0.1) is 0 Å². The first-order valence-electron chi connectivity index (χ1n) is 11.2. The van der Waals surface area contributed by atoms with Gasteiger partial charge in [-0.1, -0.05) is 19.1 Å². The first-order chi connectivity index (χ1) is 15.1. The Balaban J connectivity index is 1.44. The molecule has 166 valence electrons. The molecule has 1 unspecified atom stereocenters. The fourth-order valence-corrected chi connectivity index (χ4v) is 4.36. The zero-order chi connectivity index (χ0) is 21.7. The summed E-state index contributed by atoms with van der Waals surface area (Å²) in [6, 6.07) is 10.9. The molecule has 7 heteroatoms. The summed E-state index contributed by atoms with van der Waals surface area (Å²) in [6.45, 7) is 5.43. The Labute approximate surface area is 183 Å². The number of nitrogens with one attached hydrogen (secondary N) is 2. The maximum absolute atomic E-state index is 13.3. The van der Waals surface area contributed by atoms with Crippen LogP contribution in [-0.4, -0.2) is 41.7 Å². The number of amides is 2. The van der Waals surface area contributed by atoms with E-state index in [1.807, 2.05) is 29.2 Å². The van der Waals surface area contributed by atoms with Crippen molar-refractivity contribution in [3.8, 4) is 5.75 Å². The smallest absolute Gasteiger partial charge is 0.318 e. The molecule has 2 heterocycles. The van der Waals surface area contributed by atoms with E-state index in [-0.39, 0.29) is 23.3 Å². The van der Waals surface area contributed by atoms with E-state index < -0.39 is 0 Å². The van der Waals surface area contributed by atoms with Gasteiger partial charge in [0, 0.05) is 24.5 Å². The van der Waals surface area contributed by atoms with Crippen molar-refractivity contribution in [2.24, 2.45) is 5.41 Å². The number of pyridine rings is 1. The summed E-state index contributed by atoms with van der Waals surface area (Å²) in [5.74, 6) is 0.470. The lowest BCUT2D eigenvalue weighted by Crippen LogP contribution is -2.55. The van der Waals surface area contributed by atoms with Crippen molar-refractivity contribution in [3.05, 3.63) is 59.7 Å². The highest BCUT2D eigenvalue weighted by Gasteiger charge is 2.53. The SMILES string of the molecule is CCCOc1ccc(CNC(=O)N(Cc2ccc(F)cn2)C2CCNCC23CC3)cc1. The molecule has 2 aliphatic rings. The lowest BCUT2D eigenvalue weighted by molar-refractivity contribution is 0.109. The van der Waals surface area contributed by atoms with Crippen LogP contribution in [0.15, 0.2) is 42.6 Å². The number of benzene rings is 1. The van der Waals surface area contributed by atoms with Crippen LogP contribution in [0, 0.1) is 11.2 Å². The summed E-state index contributed by atoms with van der Waals surface area (Å²) in [4.78, 5) is 19.4. The molecule has 6 nitrogen and oxygen atoms in total. The lowest BCUT2D eigenvalue weighted by atomic mass is 9.88. The topological polar surface area (TPSA) is 66.5 Å². The second-order valence-corrected chi connectivity index (χ2v) is 8.59. The number of urea groups is 1. The number of carbonyl (C=O) groups excluding carboxylic acids is 1. The number of aromatic nitrogens is 1. The average molecular weight is 427 g/mol. The molecule has 1 aromatic heterocycles. The van der Waals surface area contributed by atoms with Crippen LogP contribution in [0.4, 0.5) is 9.18 Å². The zero-order valence-corrected chi connectivity index (χ0v) is 18.1. The highest BCUT2D eigenvalue weighted by molar-refractivity contribution is 5.74. The first-order valence-corrected chi connectivity index (χ1v) is 11.2. The highest BCUT2D eigenvalue weighted by Crippen LogP contribution is 2.52. The van der Waals surface area contributed by atoms with Gasteiger partial charge < -0.3 is 20.3 Å². The van der Waals surface area contributed by atoms with Crippen molar-refractivity contribution >= 4 is 6.03 Å². The third-order valence-corrected chi connectivity index (χ3v) is 6.27. The van der Waals surface area contributed by atoms with E-state index in [0.717, 1.165) is 50.1 Å². The standard InChI is InChI=1S/C24H31FN4O2/c1-2-13-31-21-7-3-18(4-8-21)14-28-23(30)29(16-20-6-5-19(25)15-27-20)22-9-12-26-17-24(22)10-11-24/h3-8,15,22,26H,2,9-14,16-17H2,1H3,(H,28,30). The van der Waals surface area contributed by atoms with Gasteiger partial charge in [0.25, 0.3) is 0 Å². The molecule has 1 aliphatic carbocycles. The van der Waals surface area contributed by atoms with E-state index in [0.29, 0.717) is 25.4 Å². The molecular weight excluding hydrogens is 395 g/mol. The van der Waals surface area contributed by atoms with Gasteiger partial charge in [0.05, 0.1) is 25.0 Å². The summed E-state index contributed by atoms with van der Waals surface area (Å²) in [7, 11) is 0. The Morgan fingerprint density at radius 3 is 2.77 bits per heavy atom. The predicted molar refractivity (Wildman–Crippen MR) is 117 cm³/mol. The van der Waals surface area contributed by atoms with Crippen molar-refractivity contribution in [1.82, 2.24) is 20.5 Å². The number of hydrogen-bond acceptors (Lipinski definition) is 4. The lowest BCUT2D eigenvalue weighted by Gasteiger charge is -2.40. The Kier molecular flexibility index (Phi) is 6.70. The molecule has 2 N–H and O–H groups in total. The van der Waals surface area contributed by atoms with Crippen LogP contribution in [0.5, 0.6) is 5.75 Å². The van der Waals surface area contributed by atoms with Gasteiger partial charge in [0.15, 0.2) is 0 Å². The van der Waals surface area contributed by atoms with E-state index in [4.69, 9.17) is 4.74 Å². The Morgan fingerprint density at radius 1 is 1.29 bits per heavy atom. The molecule has 0 bridgehead atoms. The van der Waals surface area contributed by atoms with Crippen molar-refractivity contribution in [2.75, 3.05) is 19.7 Å². The third kappa shape index (κ3) is 5.34. The number of piperidine rings is 1. The fourth-order valence-electron chi connectivity index (χ4n) is 4.36. The molecule has 0 radical (unpaired) electrons. The molecule has 31 heavy (non-hydrogen) atoms. The number of halogens is 1. The van der Waals surface area contributed by atoms with Crippen LogP contribution in [0.1, 0.15) is 43.9 Å². The Bertz CT molecular complexity index is 868. The third-order valence-electron chi connectivity index (χ3n) is 6.27. The summed E-state index contributed by atoms with van der Waals surface area (Å²) in [6.07, 6.45) is 5.35. The quantitative estimate of drug-likeness (QED) is 0.673. The summed E-state index contributed by atoms with van der Waals surface area (Å²) < 4.78 is 18.9. The zero-order valence-electron chi connectivity index (χ0n) is 18.1. The number of nitrogens with zero attached hydrogens (tertiary/aromatic N) is 2. The number of rotatable bonds is 8. The minimum atomic E-state index is -0.369. The molecule has 1 atom stereocenters. The van der Waals surface area contributed by atoms with Gasteiger partial charge in [0.2, 0.25) is 0 Å². The second kappa shape index (κ2) is 9.64. The minimum absolute atomic E-state index is 0.101. The molecule has 2 aromatic rings. The normalized spacial score (nSPS) is 19.1. The van der Waals surface area contributed by atoms with Crippen molar-refractivity contribution < 1.29 is 13.9 Å². The highest BCUT2D eigenvalue weighted by atomic mass is 19.1. The Hall–Kier alpha value is -2.67. The second-order valence-electron chi connectivity index (χ2n) is 8.59. The minimum Gasteiger partial charge on any atom is -0.494 e. The van der Waals surface area contributed by atoms with Crippen LogP contribution in [0.25, 0.3) is 0 Å². The van der Waals surface area contributed by atoms with Crippen molar-refractivity contribution in [1.29, 1.82) is 0 Å². The van der Waals surface area contributed by atoms with Gasteiger partial charge in [0.1, 0.15) is 11.6 Å². The molecule has 1 aromatic carbocycles. The molecule has 4 rings (SSSR count). The van der Waals surface area contributed by atoms with E-state index in [2.05, 4.69) is 22.5 Å². The van der Waals surface area contributed by atoms with E-state index in [1.165, 1.54) is 12.3 Å². The van der Waals surface area contributed by atoms with E-state index in [9.17, 15) is 9.18 Å². The number of hydrogen-bond donors (Lipinski definition) is 2. The van der Waals surface area contributed by atoms with Crippen LogP contribution < -0.4 is 15.4 Å². The van der Waals surface area contributed by atoms with Crippen LogP contribution >= 0.6 is 0 Å².